The van der Waals surface area contributed by atoms with Crippen LogP contribution in [0.25, 0.3) is 0 Å². The number of rotatable bonds is 7. The van der Waals surface area contributed by atoms with Crippen molar-refractivity contribution in [1.82, 2.24) is 10.3 Å². The highest BCUT2D eigenvalue weighted by Gasteiger charge is 2.13. The lowest BCUT2D eigenvalue weighted by Gasteiger charge is -2.10. The first-order valence-electron chi connectivity index (χ1n) is 5.99. The molecule has 0 bridgehead atoms. The largest absolute Gasteiger partial charge is 0.372 e. The predicted octanol–water partition coefficient (Wildman–Crippen LogP) is 3.30. The summed E-state index contributed by atoms with van der Waals surface area (Å²) in [6.45, 7) is 10.2. The van der Waals surface area contributed by atoms with Gasteiger partial charge in [-0.25, -0.2) is 4.98 Å². The van der Waals surface area contributed by atoms with Crippen LogP contribution in [0.5, 0.6) is 0 Å². The minimum absolute atomic E-state index is 0.113. The average molecular weight is 242 g/mol. The smallest absolute Gasteiger partial charge is 0.121 e. The van der Waals surface area contributed by atoms with Crippen molar-refractivity contribution in [3.05, 3.63) is 16.1 Å². The predicted molar refractivity (Wildman–Crippen MR) is 68.9 cm³/mol. The number of nitrogens with one attached hydrogen (secondary N) is 1. The SMILES string of the molecule is CCCNC(C)c1cnc(C(C)OCC)s1. The van der Waals surface area contributed by atoms with E-state index >= 15 is 0 Å². The lowest BCUT2D eigenvalue weighted by molar-refractivity contribution is 0.0762. The van der Waals surface area contributed by atoms with E-state index in [1.54, 1.807) is 11.3 Å². The molecule has 1 N–H and O–H groups in total. The molecule has 3 nitrogen and oxygen atoms in total. The summed E-state index contributed by atoms with van der Waals surface area (Å²) < 4.78 is 5.53. The fourth-order valence-electron chi connectivity index (χ4n) is 1.47. The fourth-order valence-corrected chi connectivity index (χ4v) is 2.42. The Balaban J connectivity index is 2.56. The second kappa shape index (κ2) is 6.99. The van der Waals surface area contributed by atoms with Crippen molar-refractivity contribution in [1.29, 1.82) is 0 Å². The molecule has 0 spiro atoms. The molecule has 0 amide bonds. The van der Waals surface area contributed by atoms with Crippen molar-refractivity contribution in [2.75, 3.05) is 13.2 Å². The Morgan fingerprint density at radius 3 is 2.81 bits per heavy atom. The minimum Gasteiger partial charge on any atom is -0.372 e. The molecule has 0 fully saturated rings. The summed E-state index contributed by atoms with van der Waals surface area (Å²) in [6.07, 6.45) is 3.23. The van der Waals surface area contributed by atoms with Crippen molar-refractivity contribution >= 4 is 11.3 Å². The molecule has 0 aliphatic rings. The molecule has 0 radical (unpaired) electrons. The van der Waals surface area contributed by atoms with E-state index in [0.29, 0.717) is 6.04 Å². The molecule has 0 aromatic carbocycles. The Bertz CT molecular complexity index is 301. The van der Waals surface area contributed by atoms with Gasteiger partial charge in [0.2, 0.25) is 0 Å². The summed E-state index contributed by atoms with van der Waals surface area (Å²) in [5.74, 6) is 0. The molecule has 0 saturated heterocycles. The Kier molecular flexibility index (Phi) is 5.95. The Hall–Kier alpha value is -0.450. The first kappa shape index (κ1) is 13.6. The van der Waals surface area contributed by atoms with Crippen LogP contribution < -0.4 is 5.32 Å². The zero-order valence-electron chi connectivity index (χ0n) is 10.6. The summed E-state index contributed by atoms with van der Waals surface area (Å²) in [6, 6.07) is 0.389. The third-order valence-electron chi connectivity index (χ3n) is 2.43. The third kappa shape index (κ3) is 3.85. The van der Waals surface area contributed by atoms with E-state index in [-0.39, 0.29) is 6.10 Å². The van der Waals surface area contributed by atoms with Crippen LogP contribution in [0.1, 0.15) is 56.1 Å². The second-order valence-corrected chi connectivity index (χ2v) is 4.97. The molecule has 16 heavy (non-hydrogen) atoms. The zero-order chi connectivity index (χ0) is 12.0. The quantitative estimate of drug-likeness (QED) is 0.796. The van der Waals surface area contributed by atoms with E-state index < -0.39 is 0 Å². The summed E-state index contributed by atoms with van der Waals surface area (Å²) in [5, 5.41) is 4.53. The van der Waals surface area contributed by atoms with E-state index in [2.05, 4.69) is 31.1 Å². The van der Waals surface area contributed by atoms with E-state index in [1.165, 1.54) is 4.88 Å². The van der Waals surface area contributed by atoms with Crippen LogP contribution in [0.2, 0.25) is 0 Å². The maximum atomic E-state index is 5.53. The van der Waals surface area contributed by atoms with Crippen LogP contribution in [0.3, 0.4) is 0 Å². The standard InChI is InChI=1S/C12H22N2OS/c1-5-7-13-9(3)11-8-14-12(16-11)10(4)15-6-2/h8-10,13H,5-7H2,1-4H3. The monoisotopic (exact) mass is 242 g/mol. The van der Waals surface area contributed by atoms with Gasteiger partial charge in [0, 0.05) is 23.7 Å². The van der Waals surface area contributed by atoms with Crippen molar-refractivity contribution in [2.45, 2.75) is 46.3 Å². The molecule has 0 saturated carbocycles. The van der Waals surface area contributed by atoms with Gasteiger partial charge < -0.3 is 10.1 Å². The Morgan fingerprint density at radius 1 is 1.44 bits per heavy atom. The lowest BCUT2D eigenvalue weighted by Crippen LogP contribution is -2.18. The first-order chi connectivity index (χ1) is 7.69. The van der Waals surface area contributed by atoms with Crippen LogP contribution in [-0.4, -0.2) is 18.1 Å². The van der Waals surface area contributed by atoms with Gasteiger partial charge in [0.05, 0.1) is 0 Å². The number of nitrogens with zero attached hydrogens (tertiary/aromatic N) is 1. The van der Waals surface area contributed by atoms with Gasteiger partial charge in [-0.3, -0.25) is 0 Å². The number of thiazole rings is 1. The highest BCUT2D eigenvalue weighted by atomic mass is 32.1. The van der Waals surface area contributed by atoms with Crippen molar-refractivity contribution < 1.29 is 4.74 Å². The molecule has 1 heterocycles. The molecule has 1 aromatic rings. The highest BCUT2D eigenvalue weighted by molar-refractivity contribution is 7.11. The van der Waals surface area contributed by atoms with Crippen LogP contribution in [-0.2, 0) is 4.74 Å². The fraction of sp³-hybridized carbons (Fsp3) is 0.750. The molecule has 0 aliphatic carbocycles. The maximum absolute atomic E-state index is 5.53. The van der Waals surface area contributed by atoms with Crippen LogP contribution in [0.4, 0.5) is 0 Å². The Morgan fingerprint density at radius 2 is 2.19 bits per heavy atom. The van der Waals surface area contributed by atoms with Crippen molar-refractivity contribution in [2.24, 2.45) is 0 Å². The minimum atomic E-state index is 0.113. The summed E-state index contributed by atoms with van der Waals surface area (Å²) in [4.78, 5) is 5.70. The van der Waals surface area contributed by atoms with E-state index in [0.717, 1.165) is 24.6 Å². The number of hydrogen-bond acceptors (Lipinski definition) is 4. The molecular weight excluding hydrogens is 220 g/mol. The highest BCUT2D eigenvalue weighted by Crippen LogP contribution is 2.26. The van der Waals surface area contributed by atoms with Gasteiger partial charge in [-0.05, 0) is 33.7 Å². The van der Waals surface area contributed by atoms with Gasteiger partial charge in [-0.2, -0.15) is 0 Å². The molecule has 1 rings (SSSR count). The van der Waals surface area contributed by atoms with Crippen LogP contribution in [0.15, 0.2) is 6.20 Å². The van der Waals surface area contributed by atoms with E-state index in [4.69, 9.17) is 4.74 Å². The first-order valence-corrected chi connectivity index (χ1v) is 6.81. The average Bonchev–Trinajstić information content (AvgIpc) is 2.75. The van der Waals surface area contributed by atoms with Crippen LogP contribution >= 0.6 is 11.3 Å². The van der Waals surface area contributed by atoms with Crippen LogP contribution in [0, 0.1) is 0 Å². The lowest BCUT2D eigenvalue weighted by atomic mass is 10.3. The molecule has 0 aliphatic heterocycles. The molecule has 4 heteroatoms. The number of hydrogen-bond donors (Lipinski definition) is 1. The van der Waals surface area contributed by atoms with Gasteiger partial charge in [-0.1, -0.05) is 6.92 Å². The normalized spacial score (nSPS) is 15.0. The van der Waals surface area contributed by atoms with Gasteiger partial charge in [0.25, 0.3) is 0 Å². The zero-order valence-corrected chi connectivity index (χ0v) is 11.4. The van der Waals surface area contributed by atoms with Gasteiger partial charge in [0.1, 0.15) is 11.1 Å². The topological polar surface area (TPSA) is 34.2 Å². The molecule has 2 unspecified atom stereocenters. The number of ether oxygens (including phenoxy) is 1. The second-order valence-electron chi connectivity index (χ2n) is 3.87. The van der Waals surface area contributed by atoms with Gasteiger partial charge in [-0.15, -0.1) is 11.3 Å². The summed E-state index contributed by atoms with van der Waals surface area (Å²) in [5.41, 5.74) is 0. The molecule has 1 aromatic heterocycles. The van der Waals surface area contributed by atoms with Crippen molar-refractivity contribution in [3.63, 3.8) is 0 Å². The molecule has 2 atom stereocenters. The number of aromatic nitrogens is 1. The van der Waals surface area contributed by atoms with Crippen molar-refractivity contribution in [3.8, 4) is 0 Å². The van der Waals surface area contributed by atoms with Gasteiger partial charge >= 0.3 is 0 Å². The van der Waals surface area contributed by atoms with E-state index in [1.807, 2.05) is 13.1 Å². The summed E-state index contributed by atoms with van der Waals surface area (Å²) >= 11 is 1.74. The Labute approximate surface area is 102 Å². The van der Waals surface area contributed by atoms with Gasteiger partial charge in [0.15, 0.2) is 0 Å². The van der Waals surface area contributed by atoms with E-state index in [9.17, 15) is 0 Å². The molecule has 92 valence electrons. The third-order valence-corrected chi connectivity index (χ3v) is 3.77. The molecular formula is C12H22N2OS. The summed E-state index contributed by atoms with van der Waals surface area (Å²) in [7, 11) is 0. The maximum Gasteiger partial charge on any atom is 0.121 e.